The highest BCUT2D eigenvalue weighted by atomic mass is 16.6. The second-order valence-corrected chi connectivity index (χ2v) is 3.17. The van der Waals surface area contributed by atoms with Crippen LogP contribution in [0, 0.1) is 11.8 Å². The van der Waals surface area contributed by atoms with Gasteiger partial charge in [0.2, 0.25) is 0 Å². The summed E-state index contributed by atoms with van der Waals surface area (Å²) in [4.78, 5) is 15.8. The highest BCUT2D eigenvalue weighted by Crippen LogP contribution is 2.06. The third-order valence-corrected chi connectivity index (χ3v) is 1.86. The number of furan rings is 1. The van der Waals surface area contributed by atoms with E-state index >= 15 is 0 Å². The zero-order valence-corrected chi connectivity index (χ0v) is 9.36. The fraction of sp³-hybridized carbons (Fsp3) is 0.364. The van der Waals surface area contributed by atoms with Gasteiger partial charge in [-0.1, -0.05) is 5.92 Å². The third kappa shape index (κ3) is 4.70. The minimum atomic E-state index is -0.276. The van der Waals surface area contributed by atoms with Crippen LogP contribution in [-0.2, 0) is 4.84 Å². The van der Waals surface area contributed by atoms with Crippen molar-refractivity contribution < 1.29 is 14.0 Å². The number of hydrogen-bond acceptors (Lipinski definition) is 5. The molecule has 0 aliphatic heterocycles. The molecule has 92 valence electrons. The van der Waals surface area contributed by atoms with E-state index in [1.165, 1.54) is 0 Å². The Morgan fingerprint density at radius 3 is 3.06 bits per heavy atom. The van der Waals surface area contributed by atoms with Crippen molar-refractivity contribution in [3.8, 4) is 11.8 Å². The van der Waals surface area contributed by atoms with Gasteiger partial charge in [-0.2, -0.15) is 0 Å². The van der Waals surface area contributed by atoms with Gasteiger partial charge in [-0.15, -0.1) is 0 Å². The molecule has 1 heterocycles. The Kier molecular flexibility index (Phi) is 5.82. The summed E-state index contributed by atoms with van der Waals surface area (Å²) in [5.41, 5.74) is 5.31. The summed E-state index contributed by atoms with van der Waals surface area (Å²) < 4.78 is 5.21. The predicted molar refractivity (Wildman–Crippen MR) is 61.7 cm³/mol. The Bertz CT molecular complexity index is 417. The molecule has 0 saturated carbocycles. The molecule has 0 unspecified atom stereocenters. The van der Waals surface area contributed by atoms with Crippen LogP contribution in [-0.4, -0.2) is 25.6 Å². The Labute approximate surface area is 99.2 Å². The van der Waals surface area contributed by atoms with Crippen LogP contribution >= 0.6 is 0 Å². The van der Waals surface area contributed by atoms with Crippen LogP contribution in [0.1, 0.15) is 22.7 Å². The predicted octanol–water partition coefficient (Wildman–Crippen LogP) is -0.400. The maximum atomic E-state index is 11.5. The molecular weight excluding hydrogens is 222 g/mol. The Hall–Kier alpha value is -1.81. The van der Waals surface area contributed by atoms with E-state index in [4.69, 9.17) is 16.0 Å². The van der Waals surface area contributed by atoms with Gasteiger partial charge in [0.15, 0.2) is 11.5 Å². The van der Waals surface area contributed by atoms with Crippen molar-refractivity contribution in [2.75, 3.05) is 19.7 Å². The number of hydrogen-bond donors (Lipinski definition) is 3. The fourth-order valence-electron chi connectivity index (χ4n) is 1.08. The van der Waals surface area contributed by atoms with Gasteiger partial charge in [-0.05, 0) is 31.0 Å². The second kappa shape index (κ2) is 7.46. The average molecular weight is 237 g/mol. The second-order valence-electron chi connectivity index (χ2n) is 3.17. The van der Waals surface area contributed by atoms with Crippen molar-refractivity contribution in [3.05, 3.63) is 23.7 Å². The first-order chi connectivity index (χ1) is 8.27. The van der Waals surface area contributed by atoms with Crippen LogP contribution < -0.4 is 16.9 Å². The smallest absolute Gasteiger partial charge is 0.287 e. The van der Waals surface area contributed by atoms with Gasteiger partial charge in [0.1, 0.15) is 6.61 Å². The van der Waals surface area contributed by atoms with Gasteiger partial charge in [0.05, 0.1) is 0 Å². The molecule has 1 rings (SSSR count). The van der Waals surface area contributed by atoms with Crippen molar-refractivity contribution in [3.63, 3.8) is 0 Å². The van der Waals surface area contributed by atoms with Crippen LogP contribution in [0.2, 0.25) is 0 Å². The zero-order chi connectivity index (χ0) is 12.5. The molecule has 0 fully saturated rings. The minimum absolute atomic E-state index is 0.110. The van der Waals surface area contributed by atoms with Crippen molar-refractivity contribution in [2.45, 2.75) is 6.42 Å². The van der Waals surface area contributed by atoms with Gasteiger partial charge in [-0.25, -0.2) is 5.90 Å². The Morgan fingerprint density at radius 1 is 1.53 bits per heavy atom. The largest absolute Gasteiger partial charge is 0.443 e. The highest BCUT2D eigenvalue weighted by molar-refractivity contribution is 5.91. The molecule has 0 aliphatic rings. The standard InChI is InChI=1S/C11H15N3O3/c12-6-2-7-14-11(15)10-5-4-9(17-10)3-1-8-16-13/h4-5H,2,6-8,12-13H2,(H,14,15). The lowest BCUT2D eigenvalue weighted by Gasteiger charge is -2.00. The number of amides is 1. The van der Waals surface area contributed by atoms with E-state index in [1.807, 2.05) is 0 Å². The molecule has 0 spiro atoms. The fourth-order valence-corrected chi connectivity index (χ4v) is 1.08. The normalized spacial score (nSPS) is 9.53. The highest BCUT2D eigenvalue weighted by Gasteiger charge is 2.09. The molecule has 6 heteroatoms. The van der Waals surface area contributed by atoms with Crippen LogP contribution in [0.3, 0.4) is 0 Å². The first kappa shape index (κ1) is 13.3. The lowest BCUT2D eigenvalue weighted by molar-refractivity contribution is 0.0925. The first-order valence-electron chi connectivity index (χ1n) is 5.16. The topological polar surface area (TPSA) is 104 Å². The SMILES string of the molecule is NCCCNC(=O)c1ccc(C#CCON)o1. The molecule has 0 aromatic carbocycles. The monoisotopic (exact) mass is 237 g/mol. The molecule has 1 aromatic heterocycles. The number of rotatable bonds is 5. The van der Waals surface area contributed by atoms with Crippen LogP contribution in [0.5, 0.6) is 0 Å². The average Bonchev–Trinajstić information content (AvgIpc) is 2.78. The minimum Gasteiger partial charge on any atom is -0.443 e. The molecule has 0 saturated heterocycles. The van der Waals surface area contributed by atoms with E-state index in [1.54, 1.807) is 12.1 Å². The molecule has 1 aromatic rings. The Balaban J connectivity index is 2.50. The number of nitrogens with two attached hydrogens (primary N) is 2. The quantitative estimate of drug-likeness (QED) is 0.367. The summed E-state index contributed by atoms with van der Waals surface area (Å²) in [5, 5.41) is 2.67. The van der Waals surface area contributed by atoms with Crippen LogP contribution in [0.15, 0.2) is 16.5 Å². The summed E-state index contributed by atoms with van der Waals surface area (Å²) in [5.74, 6) is 10.4. The molecule has 17 heavy (non-hydrogen) atoms. The van der Waals surface area contributed by atoms with Gasteiger partial charge in [0, 0.05) is 6.54 Å². The molecular formula is C11H15N3O3. The van der Waals surface area contributed by atoms with E-state index in [-0.39, 0.29) is 18.3 Å². The van der Waals surface area contributed by atoms with Crippen LogP contribution in [0.4, 0.5) is 0 Å². The van der Waals surface area contributed by atoms with E-state index < -0.39 is 0 Å². The van der Waals surface area contributed by atoms with Gasteiger partial charge >= 0.3 is 0 Å². The maximum absolute atomic E-state index is 11.5. The van der Waals surface area contributed by atoms with Crippen molar-refractivity contribution in [1.29, 1.82) is 0 Å². The lowest BCUT2D eigenvalue weighted by Crippen LogP contribution is -2.25. The van der Waals surface area contributed by atoms with Gasteiger partial charge < -0.3 is 15.5 Å². The van der Waals surface area contributed by atoms with Crippen molar-refractivity contribution in [1.82, 2.24) is 5.32 Å². The van der Waals surface area contributed by atoms with Crippen molar-refractivity contribution in [2.24, 2.45) is 11.6 Å². The number of carbonyl (C=O) groups is 1. The van der Waals surface area contributed by atoms with E-state index in [0.717, 1.165) is 6.42 Å². The summed E-state index contributed by atoms with van der Waals surface area (Å²) >= 11 is 0. The molecule has 0 aliphatic carbocycles. The summed E-state index contributed by atoms with van der Waals surface area (Å²) in [6, 6.07) is 3.17. The first-order valence-corrected chi connectivity index (χ1v) is 5.16. The third-order valence-electron chi connectivity index (χ3n) is 1.86. The summed E-state index contributed by atoms with van der Waals surface area (Å²) in [6.07, 6.45) is 0.729. The number of nitrogens with one attached hydrogen (secondary N) is 1. The summed E-state index contributed by atoms with van der Waals surface area (Å²) in [7, 11) is 0. The molecule has 6 nitrogen and oxygen atoms in total. The Morgan fingerprint density at radius 2 is 2.35 bits per heavy atom. The zero-order valence-electron chi connectivity index (χ0n) is 9.36. The van der Waals surface area contributed by atoms with E-state index in [0.29, 0.717) is 18.8 Å². The van der Waals surface area contributed by atoms with E-state index in [9.17, 15) is 4.79 Å². The molecule has 1 amide bonds. The van der Waals surface area contributed by atoms with Gasteiger partial charge in [0.25, 0.3) is 5.91 Å². The van der Waals surface area contributed by atoms with E-state index in [2.05, 4.69) is 22.0 Å². The van der Waals surface area contributed by atoms with Gasteiger partial charge in [-0.3, -0.25) is 9.63 Å². The molecule has 0 atom stereocenters. The maximum Gasteiger partial charge on any atom is 0.287 e. The molecule has 0 bridgehead atoms. The van der Waals surface area contributed by atoms with Crippen LogP contribution in [0.25, 0.3) is 0 Å². The molecule has 5 N–H and O–H groups in total. The number of carbonyl (C=O) groups excluding carboxylic acids is 1. The lowest BCUT2D eigenvalue weighted by atomic mass is 10.4. The summed E-state index contributed by atoms with van der Waals surface area (Å²) in [6.45, 7) is 1.17. The van der Waals surface area contributed by atoms with Crippen molar-refractivity contribution >= 4 is 5.91 Å². The molecule has 0 radical (unpaired) electrons.